The molecule has 1 heterocycles. The van der Waals surface area contributed by atoms with Crippen LogP contribution in [0.15, 0.2) is 34.4 Å². The predicted octanol–water partition coefficient (Wildman–Crippen LogP) is 3.83. The molecule has 0 bridgehead atoms. The normalized spacial score (nSPS) is 10.3. The fourth-order valence-electron chi connectivity index (χ4n) is 1.28. The molecule has 0 radical (unpaired) electrons. The minimum Gasteiger partial charge on any atom is -0.379 e. The molecule has 2 nitrogen and oxygen atoms in total. The van der Waals surface area contributed by atoms with E-state index < -0.39 is 0 Å². The van der Waals surface area contributed by atoms with Crippen molar-refractivity contribution in [2.75, 3.05) is 5.32 Å². The third-order valence-electron chi connectivity index (χ3n) is 2.06. The summed E-state index contributed by atoms with van der Waals surface area (Å²) in [5.41, 5.74) is 4.22. The van der Waals surface area contributed by atoms with E-state index >= 15 is 0 Å². The van der Waals surface area contributed by atoms with Crippen LogP contribution in [0.2, 0.25) is 0 Å². The molecule has 2 rings (SSSR count). The van der Waals surface area contributed by atoms with Crippen molar-refractivity contribution < 1.29 is 0 Å². The number of hydrogen-bond donors (Lipinski definition) is 1. The molecular weight excluding hydrogens is 272 g/mol. The average Bonchev–Trinajstić information content (AvgIpc) is 2.69. The molecule has 78 valence electrons. The van der Waals surface area contributed by atoms with Gasteiger partial charge in [0.25, 0.3) is 0 Å². The fourth-order valence-corrected chi connectivity index (χ4v) is 2.44. The molecule has 15 heavy (non-hydrogen) atoms. The second-order valence-electron chi connectivity index (χ2n) is 3.30. The van der Waals surface area contributed by atoms with Crippen molar-refractivity contribution in [3.63, 3.8) is 0 Å². The molecule has 0 amide bonds. The first-order chi connectivity index (χ1) is 7.25. The van der Waals surface area contributed by atoms with E-state index in [9.17, 15) is 0 Å². The van der Waals surface area contributed by atoms with E-state index in [0.717, 1.165) is 16.7 Å². The lowest BCUT2D eigenvalue weighted by Gasteiger charge is -2.07. The molecule has 0 atom stereocenters. The van der Waals surface area contributed by atoms with Gasteiger partial charge in [0, 0.05) is 21.2 Å². The smallest absolute Gasteiger partial charge is 0.0794 e. The van der Waals surface area contributed by atoms with Crippen molar-refractivity contribution in [3.05, 3.63) is 44.8 Å². The Kier molecular flexibility index (Phi) is 3.38. The van der Waals surface area contributed by atoms with Crippen LogP contribution in [0.1, 0.15) is 10.4 Å². The molecule has 1 N–H and O–H groups in total. The molecule has 0 aliphatic carbocycles. The number of halogens is 1. The van der Waals surface area contributed by atoms with Crippen molar-refractivity contribution in [1.29, 1.82) is 0 Å². The van der Waals surface area contributed by atoms with E-state index in [0.29, 0.717) is 0 Å². The highest BCUT2D eigenvalue weighted by atomic mass is 79.9. The van der Waals surface area contributed by atoms with Crippen molar-refractivity contribution in [3.8, 4) is 0 Å². The Labute approximate surface area is 101 Å². The van der Waals surface area contributed by atoms with Crippen LogP contribution in [0, 0.1) is 6.92 Å². The summed E-state index contributed by atoms with van der Waals surface area (Å²) in [7, 11) is 0. The van der Waals surface area contributed by atoms with E-state index in [-0.39, 0.29) is 0 Å². The van der Waals surface area contributed by atoms with Crippen LogP contribution in [0.5, 0.6) is 0 Å². The highest BCUT2D eigenvalue weighted by molar-refractivity contribution is 9.10. The molecule has 0 saturated carbocycles. The molecule has 0 aliphatic rings. The van der Waals surface area contributed by atoms with Crippen molar-refractivity contribution in [2.24, 2.45) is 0 Å². The Morgan fingerprint density at radius 1 is 1.47 bits per heavy atom. The number of rotatable bonds is 3. The lowest BCUT2D eigenvalue weighted by Crippen LogP contribution is -1.98. The molecule has 0 saturated heterocycles. The quantitative estimate of drug-likeness (QED) is 0.926. The summed E-state index contributed by atoms with van der Waals surface area (Å²) in [4.78, 5) is 5.28. The van der Waals surface area contributed by atoms with Crippen molar-refractivity contribution >= 4 is 33.0 Å². The van der Waals surface area contributed by atoms with E-state index in [4.69, 9.17) is 0 Å². The first kappa shape index (κ1) is 10.6. The minimum absolute atomic E-state index is 0.826. The van der Waals surface area contributed by atoms with E-state index in [2.05, 4.69) is 51.4 Å². The number of aromatic nitrogens is 1. The van der Waals surface area contributed by atoms with E-state index in [1.165, 1.54) is 10.4 Å². The number of aryl methyl sites for hydroxylation is 1. The summed E-state index contributed by atoms with van der Waals surface area (Å²) in [6, 6.07) is 6.29. The Morgan fingerprint density at radius 3 is 3.00 bits per heavy atom. The highest BCUT2D eigenvalue weighted by Crippen LogP contribution is 2.24. The maximum Gasteiger partial charge on any atom is 0.0794 e. The van der Waals surface area contributed by atoms with Crippen LogP contribution in [-0.2, 0) is 6.54 Å². The average molecular weight is 283 g/mol. The van der Waals surface area contributed by atoms with Gasteiger partial charge in [0.05, 0.1) is 12.1 Å². The fraction of sp³-hybridized carbons (Fsp3) is 0.182. The van der Waals surface area contributed by atoms with E-state index in [1.54, 1.807) is 11.3 Å². The number of nitrogens with zero attached hydrogens (tertiary/aromatic N) is 1. The first-order valence-electron chi connectivity index (χ1n) is 4.63. The minimum atomic E-state index is 0.826. The van der Waals surface area contributed by atoms with Gasteiger partial charge < -0.3 is 5.32 Å². The third kappa shape index (κ3) is 2.79. The summed E-state index contributed by atoms with van der Waals surface area (Å²) >= 11 is 5.20. The van der Waals surface area contributed by atoms with Crippen LogP contribution in [-0.4, -0.2) is 4.98 Å². The highest BCUT2D eigenvalue weighted by Gasteiger charge is 2.00. The lowest BCUT2D eigenvalue weighted by atomic mass is 10.2. The molecule has 0 fully saturated rings. The maximum absolute atomic E-state index is 4.04. The maximum atomic E-state index is 4.04. The molecule has 2 aromatic rings. The van der Waals surface area contributed by atoms with Crippen molar-refractivity contribution in [2.45, 2.75) is 13.5 Å². The molecule has 0 unspecified atom stereocenters. The summed E-state index contributed by atoms with van der Waals surface area (Å²) in [6.45, 7) is 2.91. The second-order valence-corrected chi connectivity index (χ2v) is 5.13. The number of thiazole rings is 1. The molecule has 0 spiro atoms. The summed E-state index contributed by atoms with van der Waals surface area (Å²) in [5.74, 6) is 0. The summed E-state index contributed by atoms with van der Waals surface area (Å²) < 4.78 is 1.10. The van der Waals surface area contributed by atoms with Gasteiger partial charge in [-0.15, -0.1) is 11.3 Å². The number of anilines is 1. The van der Waals surface area contributed by atoms with Gasteiger partial charge in [0.1, 0.15) is 0 Å². The van der Waals surface area contributed by atoms with Gasteiger partial charge in [-0.25, -0.2) is 0 Å². The zero-order valence-corrected chi connectivity index (χ0v) is 10.7. The Morgan fingerprint density at radius 2 is 2.33 bits per heavy atom. The number of hydrogen-bond acceptors (Lipinski definition) is 3. The van der Waals surface area contributed by atoms with Gasteiger partial charge in [0.15, 0.2) is 0 Å². The molecule has 1 aromatic carbocycles. The predicted molar refractivity (Wildman–Crippen MR) is 68.3 cm³/mol. The van der Waals surface area contributed by atoms with Gasteiger partial charge in [-0.05, 0) is 40.5 Å². The zero-order valence-electron chi connectivity index (χ0n) is 8.33. The van der Waals surface area contributed by atoms with Crippen LogP contribution in [0.3, 0.4) is 0 Å². The topological polar surface area (TPSA) is 24.9 Å². The lowest BCUT2D eigenvalue weighted by molar-refractivity contribution is 1.17. The molecular formula is C11H11BrN2S. The Hall–Kier alpha value is -0.870. The summed E-state index contributed by atoms with van der Waals surface area (Å²) in [5, 5.41) is 3.37. The van der Waals surface area contributed by atoms with E-state index in [1.807, 2.05) is 11.7 Å². The van der Waals surface area contributed by atoms with Crippen LogP contribution in [0.25, 0.3) is 0 Å². The van der Waals surface area contributed by atoms with Gasteiger partial charge in [-0.1, -0.05) is 6.07 Å². The van der Waals surface area contributed by atoms with Crippen LogP contribution < -0.4 is 5.32 Å². The molecule has 0 aliphatic heterocycles. The SMILES string of the molecule is Cc1ccc(NCc2cncs2)c(Br)c1. The van der Waals surface area contributed by atoms with Gasteiger partial charge in [0.2, 0.25) is 0 Å². The molecule has 1 aromatic heterocycles. The van der Waals surface area contributed by atoms with Gasteiger partial charge in [-0.2, -0.15) is 0 Å². The van der Waals surface area contributed by atoms with Gasteiger partial charge >= 0.3 is 0 Å². The van der Waals surface area contributed by atoms with Gasteiger partial charge in [-0.3, -0.25) is 4.98 Å². The summed E-state index contributed by atoms with van der Waals surface area (Å²) in [6.07, 6.45) is 1.89. The third-order valence-corrected chi connectivity index (χ3v) is 3.50. The van der Waals surface area contributed by atoms with Crippen LogP contribution in [0.4, 0.5) is 5.69 Å². The second kappa shape index (κ2) is 4.77. The first-order valence-corrected chi connectivity index (χ1v) is 6.30. The van der Waals surface area contributed by atoms with Crippen LogP contribution >= 0.6 is 27.3 Å². The molecule has 4 heteroatoms. The number of benzene rings is 1. The number of nitrogens with one attached hydrogen (secondary N) is 1. The largest absolute Gasteiger partial charge is 0.379 e. The Balaban J connectivity index is 2.05. The van der Waals surface area contributed by atoms with Crippen molar-refractivity contribution in [1.82, 2.24) is 4.98 Å². The Bertz CT molecular complexity index is 440. The standard InChI is InChI=1S/C11H11BrN2S/c1-8-2-3-11(10(12)4-8)14-6-9-5-13-7-15-9/h2-5,7,14H,6H2,1H3. The monoisotopic (exact) mass is 282 g/mol. The zero-order chi connectivity index (χ0) is 10.7.